The minimum atomic E-state index is -0.931. The molecule has 2 aliphatic heterocycles. The average molecular weight is 385 g/mol. The molecule has 1 aromatic carbocycles. The van der Waals surface area contributed by atoms with Gasteiger partial charge in [-0.2, -0.15) is 0 Å². The van der Waals surface area contributed by atoms with E-state index in [1.54, 1.807) is 24.3 Å². The van der Waals surface area contributed by atoms with E-state index < -0.39 is 36.3 Å². The number of hydrazine groups is 1. The van der Waals surface area contributed by atoms with Crippen LogP contribution in [0.4, 0.5) is 0 Å². The molecule has 1 fully saturated rings. The Kier molecular flexibility index (Phi) is 4.72. The van der Waals surface area contributed by atoms with Gasteiger partial charge < -0.3 is 9.47 Å². The number of nitrogens with one attached hydrogen (secondary N) is 2. The number of hydrogen-bond acceptors (Lipinski definition) is 6. The molecule has 0 aromatic heterocycles. The Morgan fingerprint density at radius 2 is 1.64 bits per heavy atom. The molecule has 0 radical (unpaired) electrons. The van der Waals surface area contributed by atoms with Crippen molar-refractivity contribution >= 4 is 23.6 Å². The van der Waals surface area contributed by atoms with Crippen molar-refractivity contribution in [2.24, 2.45) is 11.8 Å². The Morgan fingerprint density at radius 1 is 1.00 bits per heavy atom. The summed E-state index contributed by atoms with van der Waals surface area (Å²) in [5.74, 6) is -1.77. The summed E-state index contributed by atoms with van der Waals surface area (Å²) in [7, 11) is 0. The molecule has 9 heteroatoms. The zero-order valence-electron chi connectivity index (χ0n) is 14.9. The van der Waals surface area contributed by atoms with Gasteiger partial charge >= 0.3 is 0 Å². The highest BCUT2D eigenvalue weighted by Gasteiger charge is 2.47. The molecule has 2 N–H and O–H groups in total. The lowest BCUT2D eigenvalue weighted by atomic mass is 9.85. The predicted octanol–water partition coefficient (Wildman–Crippen LogP) is -0.0750. The normalized spacial score (nSPS) is 25.3. The lowest BCUT2D eigenvalue weighted by Gasteiger charge is -2.25. The summed E-state index contributed by atoms with van der Waals surface area (Å²) in [6.45, 7) is -0.437. The third kappa shape index (κ3) is 3.30. The summed E-state index contributed by atoms with van der Waals surface area (Å²) >= 11 is 0. The third-order valence-corrected chi connectivity index (χ3v) is 5.03. The quantitative estimate of drug-likeness (QED) is 0.428. The van der Waals surface area contributed by atoms with Crippen LogP contribution in [0.1, 0.15) is 12.8 Å². The molecule has 28 heavy (non-hydrogen) atoms. The van der Waals surface area contributed by atoms with Crippen LogP contribution in [-0.4, -0.2) is 47.8 Å². The number of rotatable bonds is 3. The molecule has 3 atom stereocenters. The van der Waals surface area contributed by atoms with Gasteiger partial charge in [0.2, 0.25) is 17.9 Å². The van der Waals surface area contributed by atoms with E-state index in [1.807, 2.05) is 12.2 Å². The van der Waals surface area contributed by atoms with Gasteiger partial charge in [-0.1, -0.05) is 24.3 Å². The largest absolute Gasteiger partial charge is 0.485 e. The molecule has 0 unspecified atom stereocenters. The number of amides is 4. The Bertz CT molecular complexity index is 841. The van der Waals surface area contributed by atoms with Crippen LogP contribution in [0.15, 0.2) is 36.4 Å². The van der Waals surface area contributed by atoms with E-state index in [4.69, 9.17) is 9.47 Å². The molecule has 4 amide bonds. The van der Waals surface area contributed by atoms with Gasteiger partial charge in [-0.15, -0.1) is 0 Å². The lowest BCUT2D eigenvalue weighted by Crippen LogP contribution is -2.53. The lowest BCUT2D eigenvalue weighted by molar-refractivity contribution is -0.144. The van der Waals surface area contributed by atoms with Crippen LogP contribution in [0.3, 0.4) is 0 Å². The van der Waals surface area contributed by atoms with Crippen LogP contribution in [0, 0.1) is 11.8 Å². The van der Waals surface area contributed by atoms with Crippen molar-refractivity contribution in [1.29, 1.82) is 0 Å². The van der Waals surface area contributed by atoms with Crippen LogP contribution in [0.25, 0.3) is 0 Å². The van der Waals surface area contributed by atoms with Gasteiger partial charge in [0.15, 0.2) is 11.5 Å². The molecular weight excluding hydrogens is 366 g/mol. The second-order valence-electron chi connectivity index (χ2n) is 6.82. The number of likely N-dealkylation sites (tertiary alicyclic amines) is 1. The molecule has 4 rings (SSSR count). The highest BCUT2D eigenvalue weighted by atomic mass is 16.6. The molecule has 3 aliphatic rings. The van der Waals surface area contributed by atoms with E-state index in [-0.39, 0.29) is 18.4 Å². The summed E-state index contributed by atoms with van der Waals surface area (Å²) in [5, 5.41) is 0. The van der Waals surface area contributed by atoms with Gasteiger partial charge in [0.25, 0.3) is 11.8 Å². The van der Waals surface area contributed by atoms with Gasteiger partial charge in [-0.3, -0.25) is 34.9 Å². The Hall–Kier alpha value is -3.36. The van der Waals surface area contributed by atoms with E-state index in [1.165, 1.54) is 0 Å². The maximum absolute atomic E-state index is 12.4. The monoisotopic (exact) mass is 385 g/mol. The van der Waals surface area contributed by atoms with Gasteiger partial charge in [-0.25, -0.2) is 0 Å². The van der Waals surface area contributed by atoms with Crippen molar-refractivity contribution < 1.29 is 28.7 Å². The average Bonchev–Trinajstić information content (AvgIpc) is 2.97. The standard InChI is InChI=1S/C19H19N3O6/c23-16(9-22-18(25)11-5-1-2-6-12(11)19(22)26)20-21-17(24)15-10-27-13-7-3-4-8-14(13)28-15/h1-4,7-8,11-12,15H,5-6,9-10H2,(H,20,23)(H,21,24)/t11-,12+,15-/m1/s1. The van der Waals surface area contributed by atoms with Crippen LogP contribution in [-0.2, 0) is 19.2 Å². The fourth-order valence-corrected chi connectivity index (χ4v) is 3.57. The van der Waals surface area contributed by atoms with Crippen LogP contribution in [0.5, 0.6) is 11.5 Å². The number of fused-ring (bicyclic) bond motifs is 2. The van der Waals surface area contributed by atoms with E-state index in [9.17, 15) is 19.2 Å². The number of hydrogen-bond donors (Lipinski definition) is 2. The van der Waals surface area contributed by atoms with Gasteiger partial charge in [0, 0.05) is 0 Å². The molecular formula is C19H19N3O6. The van der Waals surface area contributed by atoms with E-state index in [0.29, 0.717) is 24.3 Å². The highest BCUT2D eigenvalue weighted by Crippen LogP contribution is 2.34. The topological polar surface area (TPSA) is 114 Å². The number of carbonyl (C=O) groups excluding carboxylic acids is 4. The van der Waals surface area contributed by atoms with Crippen LogP contribution < -0.4 is 20.3 Å². The SMILES string of the molecule is O=C(CN1C(=O)[C@H]2CC=CC[C@H]2C1=O)NNC(=O)[C@H]1COc2ccccc2O1. The Balaban J connectivity index is 1.29. The van der Waals surface area contributed by atoms with Crippen LogP contribution >= 0.6 is 0 Å². The molecule has 146 valence electrons. The van der Waals surface area contributed by atoms with E-state index in [0.717, 1.165) is 4.90 Å². The maximum atomic E-state index is 12.4. The number of imide groups is 1. The van der Waals surface area contributed by atoms with Crippen molar-refractivity contribution in [2.75, 3.05) is 13.2 Å². The smallest absolute Gasteiger partial charge is 0.283 e. The van der Waals surface area contributed by atoms with Crippen molar-refractivity contribution in [3.8, 4) is 11.5 Å². The first kappa shape index (κ1) is 18.0. The molecule has 2 heterocycles. The summed E-state index contributed by atoms with van der Waals surface area (Å²) in [4.78, 5) is 50.0. The van der Waals surface area contributed by atoms with Gasteiger partial charge in [-0.05, 0) is 25.0 Å². The fourth-order valence-electron chi connectivity index (χ4n) is 3.57. The van der Waals surface area contributed by atoms with Crippen molar-refractivity contribution in [2.45, 2.75) is 18.9 Å². The predicted molar refractivity (Wildman–Crippen MR) is 94.7 cm³/mol. The third-order valence-electron chi connectivity index (χ3n) is 5.03. The number of ether oxygens (including phenoxy) is 2. The molecule has 1 aliphatic carbocycles. The first-order valence-electron chi connectivity index (χ1n) is 9.02. The van der Waals surface area contributed by atoms with Crippen molar-refractivity contribution in [3.63, 3.8) is 0 Å². The highest BCUT2D eigenvalue weighted by molar-refractivity contribution is 6.07. The summed E-state index contributed by atoms with van der Waals surface area (Å²) in [5.41, 5.74) is 4.46. The second kappa shape index (κ2) is 7.34. The summed E-state index contributed by atoms with van der Waals surface area (Å²) in [6, 6.07) is 6.94. The van der Waals surface area contributed by atoms with Crippen LogP contribution in [0.2, 0.25) is 0 Å². The van der Waals surface area contributed by atoms with Gasteiger partial charge in [0.1, 0.15) is 13.2 Å². The number of allylic oxidation sites excluding steroid dienone is 2. The minimum absolute atomic E-state index is 0.00181. The summed E-state index contributed by atoms with van der Waals surface area (Å²) < 4.78 is 11.0. The van der Waals surface area contributed by atoms with E-state index in [2.05, 4.69) is 10.9 Å². The Morgan fingerprint density at radius 3 is 2.32 bits per heavy atom. The van der Waals surface area contributed by atoms with Crippen molar-refractivity contribution in [1.82, 2.24) is 15.8 Å². The Labute approximate surface area is 160 Å². The molecule has 9 nitrogen and oxygen atoms in total. The molecule has 1 aromatic rings. The molecule has 1 saturated heterocycles. The van der Waals surface area contributed by atoms with E-state index >= 15 is 0 Å². The first-order chi connectivity index (χ1) is 13.5. The minimum Gasteiger partial charge on any atom is -0.485 e. The molecule has 0 saturated carbocycles. The zero-order chi connectivity index (χ0) is 19.7. The summed E-state index contributed by atoms with van der Waals surface area (Å²) in [6.07, 6.45) is 3.83. The maximum Gasteiger partial charge on any atom is 0.283 e. The zero-order valence-corrected chi connectivity index (χ0v) is 14.9. The first-order valence-corrected chi connectivity index (χ1v) is 9.02. The number of nitrogens with zero attached hydrogens (tertiary/aromatic N) is 1. The fraction of sp³-hybridized carbons (Fsp3) is 0.368. The number of para-hydroxylation sites is 2. The molecule has 0 spiro atoms. The van der Waals surface area contributed by atoms with Gasteiger partial charge in [0.05, 0.1) is 11.8 Å². The number of carbonyl (C=O) groups is 4. The van der Waals surface area contributed by atoms with Crippen molar-refractivity contribution in [3.05, 3.63) is 36.4 Å². The second-order valence-corrected chi connectivity index (χ2v) is 6.82. The molecule has 0 bridgehead atoms. The number of benzene rings is 1.